The fourth-order valence-corrected chi connectivity index (χ4v) is 1.98. The van der Waals surface area contributed by atoms with Crippen LogP contribution >= 0.6 is 0 Å². The smallest absolute Gasteiger partial charge is 0.108 e. The number of hydrogen-bond donors (Lipinski definition) is 1. The van der Waals surface area contributed by atoms with Crippen LogP contribution in [0.5, 0.6) is 0 Å². The Kier molecular flexibility index (Phi) is 3.39. The normalized spacial score (nSPS) is 19.9. The van der Waals surface area contributed by atoms with Crippen molar-refractivity contribution in [2.24, 2.45) is 5.92 Å². The first-order chi connectivity index (χ1) is 7.31. The number of ether oxygens (including phenoxy) is 1. The van der Waals surface area contributed by atoms with Crippen molar-refractivity contribution in [3.63, 3.8) is 0 Å². The van der Waals surface area contributed by atoms with E-state index in [0.29, 0.717) is 0 Å². The van der Waals surface area contributed by atoms with Gasteiger partial charge in [0.25, 0.3) is 0 Å². The molecule has 0 radical (unpaired) electrons. The van der Waals surface area contributed by atoms with E-state index in [1.54, 1.807) is 7.11 Å². The van der Waals surface area contributed by atoms with Crippen LogP contribution in [0.15, 0.2) is 30.3 Å². The first-order valence-corrected chi connectivity index (χ1v) is 5.57. The number of aliphatic hydroxyl groups excluding tert-OH is 1. The van der Waals surface area contributed by atoms with Gasteiger partial charge in [0.05, 0.1) is 6.10 Å². The first kappa shape index (κ1) is 10.7. The molecule has 2 unspecified atom stereocenters. The molecule has 1 aromatic carbocycles. The summed E-state index contributed by atoms with van der Waals surface area (Å²) in [5.74, 6) is 0.723. The molecular weight excluding hydrogens is 188 g/mol. The highest BCUT2D eigenvalue weighted by Crippen LogP contribution is 2.36. The highest BCUT2D eigenvalue weighted by atomic mass is 16.5. The molecule has 0 bridgehead atoms. The van der Waals surface area contributed by atoms with Crippen LogP contribution in [-0.2, 0) is 4.74 Å². The highest BCUT2D eigenvalue weighted by molar-refractivity contribution is 5.18. The maximum atomic E-state index is 10.0. The Morgan fingerprint density at radius 2 is 2.00 bits per heavy atom. The van der Waals surface area contributed by atoms with E-state index in [1.165, 1.54) is 12.8 Å². The Morgan fingerprint density at radius 1 is 1.33 bits per heavy atom. The molecule has 0 aliphatic heterocycles. The molecule has 2 nitrogen and oxygen atoms in total. The molecule has 0 amide bonds. The molecule has 1 N–H and O–H groups in total. The zero-order valence-corrected chi connectivity index (χ0v) is 9.10. The Hall–Kier alpha value is -0.860. The molecule has 0 spiro atoms. The van der Waals surface area contributed by atoms with Crippen LogP contribution in [0, 0.1) is 5.92 Å². The Morgan fingerprint density at radius 3 is 2.53 bits per heavy atom. The molecule has 1 aromatic rings. The lowest BCUT2D eigenvalue weighted by atomic mass is 10.0. The van der Waals surface area contributed by atoms with Crippen LogP contribution in [0.3, 0.4) is 0 Å². The zero-order valence-electron chi connectivity index (χ0n) is 9.10. The Balaban J connectivity index is 2.01. The summed E-state index contributed by atoms with van der Waals surface area (Å²) >= 11 is 0. The molecule has 1 fully saturated rings. The maximum absolute atomic E-state index is 10.0. The molecule has 0 saturated heterocycles. The van der Waals surface area contributed by atoms with E-state index < -0.39 is 0 Å². The van der Waals surface area contributed by atoms with Gasteiger partial charge in [-0.05, 0) is 17.9 Å². The molecule has 2 atom stereocenters. The molecule has 2 rings (SSSR count). The largest absolute Gasteiger partial charge is 0.390 e. The number of benzene rings is 1. The van der Waals surface area contributed by atoms with Crippen LogP contribution in [0.4, 0.5) is 0 Å². The quantitative estimate of drug-likeness (QED) is 0.802. The van der Waals surface area contributed by atoms with Crippen LogP contribution in [0.25, 0.3) is 0 Å². The van der Waals surface area contributed by atoms with Crippen molar-refractivity contribution in [1.82, 2.24) is 0 Å². The van der Waals surface area contributed by atoms with E-state index in [-0.39, 0.29) is 12.2 Å². The van der Waals surface area contributed by atoms with Gasteiger partial charge in [0.2, 0.25) is 0 Å². The van der Waals surface area contributed by atoms with Crippen molar-refractivity contribution >= 4 is 0 Å². The fourth-order valence-electron chi connectivity index (χ4n) is 1.98. The summed E-state index contributed by atoms with van der Waals surface area (Å²) in [6, 6.07) is 9.94. The number of aliphatic hydroxyl groups is 1. The summed E-state index contributed by atoms with van der Waals surface area (Å²) in [5.41, 5.74) is 1.06. The van der Waals surface area contributed by atoms with E-state index in [4.69, 9.17) is 4.74 Å². The lowest BCUT2D eigenvalue weighted by Gasteiger charge is -2.21. The standard InChI is InChI=1S/C13H18O2/c1-15-13(11-5-3-2-4-6-11)12(14)9-10-7-8-10/h2-6,10,12-14H,7-9H2,1H3. The summed E-state index contributed by atoms with van der Waals surface area (Å²) in [6.45, 7) is 0. The summed E-state index contributed by atoms with van der Waals surface area (Å²) in [6.07, 6.45) is 2.86. The molecule has 1 saturated carbocycles. The minimum absolute atomic E-state index is 0.174. The van der Waals surface area contributed by atoms with Gasteiger partial charge in [-0.3, -0.25) is 0 Å². The third-order valence-corrected chi connectivity index (χ3v) is 3.00. The second kappa shape index (κ2) is 4.77. The Bertz CT molecular complexity index is 293. The third-order valence-electron chi connectivity index (χ3n) is 3.00. The van der Waals surface area contributed by atoms with E-state index in [1.807, 2.05) is 30.3 Å². The SMILES string of the molecule is COC(c1ccccc1)C(O)CC1CC1. The molecule has 0 aromatic heterocycles. The molecule has 2 heteroatoms. The van der Waals surface area contributed by atoms with Crippen LogP contribution < -0.4 is 0 Å². The van der Waals surface area contributed by atoms with E-state index >= 15 is 0 Å². The van der Waals surface area contributed by atoms with Crippen LogP contribution in [-0.4, -0.2) is 18.3 Å². The average molecular weight is 206 g/mol. The van der Waals surface area contributed by atoms with Gasteiger partial charge in [-0.25, -0.2) is 0 Å². The lowest BCUT2D eigenvalue weighted by Crippen LogP contribution is -2.20. The second-order valence-corrected chi connectivity index (χ2v) is 4.31. The Labute approximate surface area is 90.9 Å². The molecule has 1 aliphatic rings. The van der Waals surface area contributed by atoms with Crippen LogP contribution in [0.1, 0.15) is 30.9 Å². The van der Waals surface area contributed by atoms with Crippen molar-refractivity contribution in [3.05, 3.63) is 35.9 Å². The summed E-state index contributed by atoms with van der Waals surface area (Å²) in [5, 5.41) is 10.0. The third kappa shape index (κ3) is 2.80. The van der Waals surface area contributed by atoms with Crippen LogP contribution in [0.2, 0.25) is 0 Å². The van der Waals surface area contributed by atoms with Gasteiger partial charge in [-0.15, -0.1) is 0 Å². The predicted octanol–water partition coefficient (Wildman–Crippen LogP) is 2.54. The topological polar surface area (TPSA) is 29.5 Å². The molecular formula is C13H18O2. The molecule has 0 heterocycles. The summed E-state index contributed by atoms with van der Waals surface area (Å²) < 4.78 is 5.38. The number of rotatable bonds is 5. The minimum Gasteiger partial charge on any atom is -0.390 e. The van der Waals surface area contributed by atoms with Crippen molar-refractivity contribution in [2.75, 3.05) is 7.11 Å². The molecule has 1 aliphatic carbocycles. The molecule has 15 heavy (non-hydrogen) atoms. The van der Waals surface area contributed by atoms with Crippen molar-refractivity contribution in [3.8, 4) is 0 Å². The maximum Gasteiger partial charge on any atom is 0.108 e. The monoisotopic (exact) mass is 206 g/mol. The van der Waals surface area contributed by atoms with Gasteiger partial charge in [0, 0.05) is 7.11 Å². The second-order valence-electron chi connectivity index (χ2n) is 4.31. The number of methoxy groups -OCH3 is 1. The minimum atomic E-state index is -0.370. The van der Waals surface area contributed by atoms with Gasteiger partial charge in [0.15, 0.2) is 0 Å². The van der Waals surface area contributed by atoms with E-state index in [9.17, 15) is 5.11 Å². The average Bonchev–Trinajstić information content (AvgIpc) is 3.04. The fraction of sp³-hybridized carbons (Fsp3) is 0.538. The van der Waals surface area contributed by atoms with Gasteiger partial charge in [-0.1, -0.05) is 43.2 Å². The van der Waals surface area contributed by atoms with Gasteiger partial charge in [-0.2, -0.15) is 0 Å². The summed E-state index contributed by atoms with van der Waals surface area (Å²) in [4.78, 5) is 0. The van der Waals surface area contributed by atoms with Crippen molar-refractivity contribution in [2.45, 2.75) is 31.5 Å². The first-order valence-electron chi connectivity index (χ1n) is 5.57. The summed E-state index contributed by atoms with van der Waals surface area (Å²) in [7, 11) is 1.66. The van der Waals surface area contributed by atoms with Crippen molar-refractivity contribution < 1.29 is 9.84 Å². The van der Waals surface area contributed by atoms with E-state index in [2.05, 4.69) is 0 Å². The highest BCUT2D eigenvalue weighted by Gasteiger charge is 2.29. The van der Waals surface area contributed by atoms with Gasteiger partial charge in [0.1, 0.15) is 6.10 Å². The lowest BCUT2D eigenvalue weighted by molar-refractivity contribution is -0.0198. The number of hydrogen-bond acceptors (Lipinski definition) is 2. The molecule has 82 valence electrons. The van der Waals surface area contributed by atoms with Gasteiger partial charge >= 0.3 is 0 Å². The van der Waals surface area contributed by atoms with Crippen molar-refractivity contribution in [1.29, 1.82) is 0 Å². The van der Waals surface area contributed by atoms with Gasteiger partial charge < -0.3 is 9.84 Å². The zero-order chi connectivity index (χ0) is 10.7. The predicted molar refractivity (Wildman–Crippen MR) is 59.5 cm³/mol. The van der Waals surface area contributed by atoms with E-state index in [0.717, 1.165) is 17.9 Å².